The third-order valence-corrected chi connectivity index (χ3v) is 3.98. The van der Waals surface area contributed by atoms with Crippen LogP contribution in [0.5, 0.6) is 0 Å². The summed E-state index contributed by atoms with van der Waals surface area (Å²) in [5, 5.41) is 5.95. The number of carbonyl (C=O) groups is 1. The number of aromatic nitrogens is 2. The van der Waals surface area contributed by atoms with Gasteiger partial charge in [0.05, 0.1) is 18.8 Å². The number of nitrogens with one attached hydrogen (secondary N) is 1. The van der Waals surface area contributed by atoms with Crippen LogP contribution in [0, 0.1) is 0 Å². The fourth-order valence-corrected chi connectivity index (χ4v) is 2.51. The maximum Gasteiger partial charge on any atom is 0.435 e. The minimum Gasteiger partial charge on any atom is -0.372 e. The highest BCUT2D eigenvalue weighted by atomic mass is 19.4. The molecule has 2 rings (SSSR count). The largest absolute Gasteiger partial charge is 0.435 e. The van der Waals surface area contributed by atoms with Crippen molar-refractivity contribution >= 4 is 6.03 Å². The Morgan fingerprint density at radius 1 is 1.52 bits per heavy atom. The number of alkyl halides is 3. The summed E-state index contributed by atoms with van der Waals surface area (Å²) in [5.41, 5.74) is -1.44. The molecule has 6 nitrogen and oxygen atoms in total. The zero-order valence-corrected chi connectivity index (χ0v) is 13.4. The molecule has 0 radical (unpaired) electrons. The second-order valence-corrected chi connectivity index (χ2v) is 5.91. The lowest BCUT2D eigenvalue weighted by molar-refractivity contribution is -0.142. The van der Waals surface area contributed by atoms with Crippen LogP contribution in [0.1, 0.15) is 31.5 Å². The van der Waals surface area contributed by atoms with E-state index in [9.17, 15) is 18.0 Å². The fourth-order valence-electron chi connectivity index (χ4n) is 2.51. The Morgan fingerprint density at radius 2 is 2.22 bits per heavy atom. The summed E-state index contributed by atoms with van der Waals surface area (Å²) in [7, 11) is 1.41. The van der Waals surface area contributed by atoms with Crippen molar-refractivity contribution in [1.82, 2.24) is 20.0 Å². The van der Waals surface area contributed by atoms with E-state index in [1.165, 1.54) is 13.2 Å². The molecule has 1 fully saturated rings. The zero-order valence-electron chi connectivity index (χ0n) is 13.4. The van der Waals surface area contributed by atoms with Gasteiger partial charge >= 0.3 is 12.2 Å². The summed E-state index contributed by atoms with van der Waals surface area (Å²) in [6, 6.07) is -0.398. The Bertz CT molecular complexity index is 573. The second-order valence-electron chi connectivity index (χ2n) is 5.91. The van der Waals surface area contributed by atoms with Crippen LogP contribution in [0.4, 0.5) is 18.0 Å². The summed E-state index contributed by atoms with van der Waals surface area (Å²) in [6.45, 7) is 4.90. The standard InChI is InChI=1S/C14H21F3N4O2/c1-4-13(2)9-21(5-6-23-13)12(22)18-7-10-8-20(3)19-11(10)14(15,16)17/h8H,4-7,9H2,1-3H3,(H,18,22)/t13-/m1/s1. The highest BCUT2D eigenvalue weighted by Gasteiger charge is 2.37. The Balaban J connectivity index is 2.00. The van der Waals surface area contributed by atoms with Crippen molar-refractivity contribution in [3.05, 3.63) is 17.5 Å². The van der Waals surface area contributed by atoms with Crippen molar-refractivity contribution in [2.45, 2.75) is 38.6 Å². The molecule has 1 aromatic heterocycles. The number of nitrogens with zero attached hydrogens (tertiary/aromatic N) is 3. The molecule has 1 aliphatic rings. The monoisotopic (exact) mass is 334 g/mol. The first-order valence-electron chi connectivity index (χ1n) is 7.41. The summed E-state index contributed by atoms with van der Waals surface area (Å²) >= 11 is 0. The van der Waals surface area contributed by atoms with Crippen LogP contribution in [-0.2, 0) is 24.5 Å². The maximum atomic E-state index is 12.9. The van der Waals surface area contributed by atoms with Crippen molar-refractivity contribution in [1.29, 1.82) is 0 Å². The van der Waals surface area contributed by atoms with Crippen LogP contribution in [0.2, 0.25) is 0 Å². The van der Waals surface area contributed by atoms with Crippen molar-refractivity contribution in [2.75, 3.05) is 19.7 Å². The quantitative estimate of drug-likeness (QED) is 0.921. The van der Waals surface area contributed by atoms with E-state index in [1.54, 1.807) is 4.90 Å². The number of rotatable bonds is 3. The van der Waals surface area contributed by atoms with Gasteiger partial charge in [0.1, 0.15) is 0 Å². The summed E-state index contributed by atoms with van der Waals surface area (Å²) < 4.78 is 45.3. The number of hydrogen-bond donors (Lipinski definition) is 1. The second kappa shape index (κ2) is 6.38. The number of aryl methyl sites for hydroxylation is 1. The summed E-state index contributed by atoms with van der Waals surface area (Å²) in [4.78, 5) is 13.8. The van der Waals surface area contributed by atoms with Crippen molar-refractivity contribution < 1.29 is 22.7 Å². The predicted octanol–water partition coefficient (Wildman–Crippen LogP) is 2.15. The number of ether oxygens (including phenoxy) is 1. The van der Waals surface area contributed by atoms with Gasteiger partial charge in [0, 0.05) is 31.9 Å². The first-order chi connectivity index (χ1) is 10.6. The van der Waals surface area contributed by atoms with Crippen molar-refractivity contribution in [2.24, 2.45) is 7.05 Å². The average molecular weight is 334 g/mol. The highest BCUT2D eigenvalue weighted by molar-refractivity contribution is 5.74. The predicted molar refractivity (Wildman–Crippen MR) is 76.7 cm³/mol. The molecule has 2 amide bonds. The number of morpholine rings is 1. The Hall–Kier alpha value is -1.77. The third-order valence-electron chi connectivity index (χ3n) is 3.98. The van der Waals surface area contributed by atoms with Gasteiger partial charge in [-0.2, -0.15) is 18.3 Å². The van der Waals surface area contributed by atoms with Crippen LogP contribution in [-0.4, -0.2) is 46.0 Å². The van der Waals surface area contributed by atoms with E-state index >= 15 is 0 Å². The molecule has 23 heavy (non-hydrogen) atoms. The molecule has 0 bridgehead atoms. The number of hydrogen-bond acceptors (Lipinski definition) is 3. The van der Waals surface area contributed by atoms with E-state index in [-0.39, 0.29) is 12.1 Å². The lowest BCUT2D eigenvalue weighted by Crippen LogP contribution is -2.54. The average Bonchev–Trinajstić information content (AvgIpc) is 2.86. The topological polar surface area (TPSA) is 59.4 Å². The minimum atomic E-state index is -4.54. The minimum absolute atomic E-state index is 0.0557. The Morgan fingerprint density at radius 3 is 2.83 bits per heavy atom. The third kappa shape index (κ3) is 4.15. The smallest absolute Gasteiger partial charge is 0.372 e. The first kappa shape index (κ1) is 17.6. The van der Waals surface area contributed by atoms with Gasteiger partial charge in [0.25, 0.3) is 0 Å². The molecule has 0 saturated carbocycles. The summed E-state index contributed by atoms with van der Waals surface area (Å²) in [6.07, 6.45) is -2.53. The number of amides is 2. The van der Waals surface area contributed by atoms with Crippen LogP contribution >= 0.6 is 0 Å². The highest BCUT2D eigenvalue weighted by Crippen LogP contribution is 2.30. The van der Waals surface area contributed by atoms with Gasteiger partial charge in [-0.15, -0.1) is 0 Å². The van der Waals surface area contributed by atoms with Crippen LogP contribution < -0.4 is 5.32 Å². The van der Waals surface area contributed by atoms with E-state index < -0.39 is 23.5 Å². The van der Waals surface area contributed by atoms with Gasteiger partial charge in [0.15, 0.2) is 5.69 Å². The molecular weight excluding hydrogens is 313 g/mol. The van der Waals surface area contributed by atoms with E-state index in [0.29, 0.717) is 19.7 Å². The summed E-state index contributed by atoms with van der Waals surface area (Å²) in [5.74, 6) is 0. The first-order valence-corrected chi connectivity index (χ1v) is 7.41. The Kier molecular flexibility index (Phi) is 4.88. The lowest BCUT2D eigenvalue weighted by Gasteiger charge is -2.39. The van der Waals surface area contributed by atoms with Crippen LogP contribution in [0.3, 0.4) is 0 Å². The normalized spacial score (nSPS) is 22.3. The van der Waals surface area contributed by atoms with E-state index in [0.717, 1.165) is 11.1 Å². The molecule has 1 aliphatic heterocycles. The van der Waals surface area contributed by atoms with E-state index in [1.807, 2.05) is 13.8 Å². The number of carbonyl (C=O) groups excluding carboxylic acids is 1. The van der Waals surface area contributed by atoms with Crippen molar-refractivity contribution in [3.8, 4) is 0 Å². The number of urea groups is 1. The molecule has 0 unspecified atom stereocenters. The van der Waals surface area contributed by atoms with Gasteiger partial charge in [-0.1, -0.05) is 6.92 Å². The van der Waals surface area contributed by atoms with Crippen molar-refractivity contribution in [3.63, 3.8) is 0 Å². The molecule has 0 aliphatic carbocycles. The molecule has 1 aromatic rings. The fraction of sp³-hybridized carbons (Fsp3) is 0.714. The molecule has 0 spiro atoms. The molecule has 9 heteroatoms. The number of halogens is 3. The Labute approximate surface area is 132 Å². The SMILES string of the molecule is CC[C@]1(C)CN(C(=O)NCc2cn(C)nc2C(F)(F)F)CCO1. The molecule has 1 atom stereocenters. The molecule has 1 saturated heterocycles. The van der Waals surface area contributed by atoms with E-state index in [2.05, 4.69) is 10.4 Å². The molecule has 1 N–H and O–H groups in total. The van der Waals surface area contributed by atoms with Gasteiger partial charge in [-0.25, -0.2) is 4.79 Å². The molecular formula is C14H21F3N4O2. The van der Waals surface area contributed by atoms with Gasteiger partial charge in [-0.3, -0.25) is 4.68 Å². The molecule has 0 aromatic carbocycles. The van der Waals surface area contributed by atoms with Gasteiger partial charge < -0.3 is 15.0 Å². The van der Waals surface area contributed by atoms with Gasteiger partial charge in [-0.05, 0) is 13.3 Å². The van der Waals surface area contributed by atoms with Gasteiger partial charge in [0.2, 0.25) is 0 Å². The maximum absolute atomic E-state index is 12.9. The zero-order chi connectivity index (χ0) is 17.3. The molecule has 130 valence electrons. The van der Waals surface area contributed by atoms with Crippen LogP contribution in [0.25, 0.3) is 0 Å². The van der Waals surface area contributed by atoms with E-state index in [4.69, 9.17) is 4.74 Å². The lowest BCUT2D eigenvalue weighted by atomic mass is 10.0. The van der Waals surface area contributed by atoms with Crippen LogP contribution in [0.15, 0.2) is 6.20 Å². The molecule has 2 heterocycles.